The number of guanidine groups is 2. The molecule has 0 fully saturated rings. The van der Waals surface area contributed by atoms with E-state index in [1.165, 1.54) is 0 Å². The van der Waals surface area contributed by atoms with Crippen LogP contribution in [0.4, 0.5) is 0 Å². The minimum Gasteiger partial charge on any atom is -0.378 e. The second kappa shape index (κ2) is 17.3. The maximum Gasteiger partial charge on any atom is 0.256 e. The van der Waals surface area contributed by atoms with E-state index >= 15 is 0 Å². The Hall–Kier alpha value is -3.14. The Morgan fingerprint density at radius 2 is 1.54 bits per heavy atom. The lowest BCUT2D eigenvalue weighted by Crippen LogP contribution is -2.64. The monoisotopic (exact) mass is 501 g/mol. The maximum atomic E-state index is 13.3. The van der Waals surface area contributed by atoms with Crippen LogP contribution in [0.25, 0.3) is 0 Å². The van der Waals surface area contributed by atoms with Gasteiger partial charge in [0.1, 0.15) is 6.61 Å². The zero-order valence-electron chi connectivity index (χ0n) is 20.2. The molecule has 0 aliphatic rings. The predicted octanol–water partition coefficient (Wildman–Crippen LogP) is -3.71. The summed E-state index contributed by atoms with van der Waals surface area (Å²) in [5, 5.41) is 0. The summed E-state index contributed by atoms with van der Waals surface area (Å²) in [6, 6.07) is -1.21. The first-order valence-electron chi connectivity index (χ1n) is 11.1. The largest absolute Gasteiger partial charge is 0.378 e. The Morgan fingerprint density at radius 3 is 2.06 bits per heavy atom. The molecule has 0 saturated carbocycles. The second-order valence-corrected chi connectivity index (χ2v) is 7.58. The van der Waals surface area contributed by atoms with E-state index in [0.29, 0.717) is 24.5 Å². The van der Waals surface area contributed by atoms with Crippen molar-refractivity contribution in [3.63, 3.8) is 0 Å². The summed E-state index contributed by atoms with van der Waals surface area (Å²) in [6.07, 6.45) is 0.590. The van der Waals surface area contributed by atoms with Crippen LogP contribution in [0.5, 0.6) is 0 Å². The molecule has 0 spiro atoms. The van der Waals surface area contributed by atoms with Gasteiger partial charge in [-0.2, -0.15) is 0 Å². The fraction of sp³-hybridized carbons (Fsp3) is 0.700. The Kier molecular flexibility index (Phi) is 15.8. The highest BCUT2D eigenvalue weighted by Gasteiger charge is 2.48. The van der Waals surface area contributed by atoms with E-state index in [9.17, 15) is 19.2 Å². The van der Waals surface area contributed by atoms with E-state index in [4.69, 9.17) is 43.9 Å². The molecular weight excluding hydrogens is 462 g/mol. The molecule has 0 radical (unpaired) electrons. The number of ether oxygens (including phenoxy) is 2. The number of nitrogens with zero attached hydrogens (tertiary/aromatic N) is 3. The van der Waals surface area contributed by atoms with Crippen molar-refractivity contribution in [2.75, 3.05) is 46.1 Å². The van der Waals surface area contributed by atoms with Crippen molar-refractivity contribution in [1.29, 1.82) is 0 Å². The van der Waals surface area contributed by atoms with Crippen LogP contribution in [0.15, 0.2) is 9.98 Å². The smallest absolute Gasteiger partial charge is 0.256 e. The van der Waals surface area contributed by atoms with Crippen LogP contribution in [0.3, 0.4) is 0 Å². The standard InChI is InChI=1S/C20H39N9O6/c1-14(31)20(13-30,5-3-8-28-19(25)26)29(16(32)12-35-11-10-34-9-6-21)17(33)15(22)4-2-7-27-18(23)24/h13,15H,2-12,21-22H2,1H3,(H4,23,24,27)(H4,25,26,28)/t15-,20-/m0/s1. The highest BCUT2D eigenvalue weighted by molar-refractivity contribution is 6.12. The zero-order chi connectivity index (χ0) is 26.9. The molecule has 0 aliphatic heterocycles. The molecule has 12 N–H and O–H groups in total. The Balaban J connectivity index is 5.75. The number of amides is 2. The number of aliphatic imine (C=N–C) groups is 2. The lowest BCUT2D eigenvalue weighted by Gasteiger charge is -2.38. The van der Waals surface area contributed by atoms with E-state index in [0.717, 1.165) is 6.92 Å². The highest BCUT2D eigenvalue weighted by atomic mass is 16.5. The molecule has 2 amide bonds. The number of Topliss-reactive ketones (excluding diaryl/α,β-unsaturated/α-hetero) is 1. The quantitative estimate of drug-likeness (QED) is 0.0328. The lowest BCUT2D eigenvalue weighted by atomic mass is 9.87. The molecule has 0 heterocycles. The maximum absolute atomic E-state index is 13.3. The van der Waals surface area contributed by atoms with Crippen LogP contribution in [0, 0.1) is 0 Å². The van der Waals surface area contributed by atoms with Crippen molar-refractivity contribution in [1.82, 2.24) is 4.90 Å². The summed E-state index contributed by atoms with van der Waals surface area (Å²) in [5.41, 5.74) is 30.4. The van der Waals surface area contributed by atoms with Gasteiger partial charge in [-0.1, -0.05) is 0 Å². The highest BCUT2D eigenvalue weighted by Crippen LogP contribution is 2.24. The molecule has 0 saturated heterocycles. The molecule has 0 aromatic heterocycles. The summed E-state index contributed by atoms with van der Waals surface area (Å²) in [6.45, 7) is 1.61. The fourth-order valence-electron chi connectivity index (χ4n) is 3.07. The topological polar surface area (TPSA) is 271 Å². The summed E-state index contributed by atoms with van der Waals surface area (Å²) in [4.78, 5) is 59.4. The van der Waals surface area contributed by atoms with Crippen LogP contribution in [-0.2, 0) is 28.7 Å². The molecule has 15 nitrogen and oxygen atoms in total. The molecule has 0 aromatic rings. The van der Waals surface area contributed by atoms with Gasteiger partial charge in [0.25, 0.3) is 5.91 Å². The van der Waals surface area contributed by atoms with Crippen molar-refractivity contribution >= 4 is 35.8 Å². The lowest BCUT2D eigenvalue weighted by molar-refractivity contribution is -0.163. The van der Waals surface area contributed by atoms with E-state index in [1.807, 2.05) is 0 Å². The number of aldehydes is 1. The number of ketones is 1. The first kappa shape index (κ1) is 31.9. The van der Waals surface area contributed by atoms with Gasteiger partial charge in [0, 0.05) is 19.6 Å². The Bertz CT molecular complexity index is 753. The zero-order valence-corrected chi connectivity index (χ0v) is 20.2. The third-order valence-electron chi connectivity index (χ3n) is 4.83. The molecule has 200 valence electrons. The summed E-state index contributed by atoms with van der Waals surface area (Å²) < 4.78 is 10.4. The molecule has 0 rings (SSSR count). The number of carbonyl (C=O) groups is 4. The average molecular weight is 502 g/mol. The van der Waals surface area contributed by atoms with Crippen LogP contribution in [0.1, 0.15) is 32.6 Å². The molecule has 2 atom stereocenters. The first-order chi connectivity index (χ1) is 16.5. The van der Waals surface area contributed by atoms with Crippen LogP contribution < -0.4 is 34.4 Å². The van der Waals surface area contributed by atoms with Crippen molar-refractivity contribution in [3.05, 3.63) is 0 Å². The van der Waals surface area contributed by atoms with Crippen molar-refractivity contribution < 1.29 is 28.7 Å². The van der Waals surface area contributed by atoms with Gasteiger partial charge in [-0.15, -0.1) is 0 Å². The van der Waals surface area contributed by atoms with Gasteiger partial charge in [0.05, 0.1) is 25.9 Å². The number of hydrogen-bond donors (Lipinski definition) is 6. The van der Waals surface area contributed by atoms with Crippen LogP contribution >= 0.6 is 0 Å². The van der Waals surface area contributed by atoms with Crippen LogP contribution in [-0.4, -0.2) is 98.3 Å². The fourth-order valence-corrected chi connectivity index (χ4v) is 3.07. The van der Waals surface area contributed by atoms with E-state index in [1.54, 1.807) is 0 Å². The minimum atomic E-state index is -2.11. The predicted molar refractivity (Wildman–Crippen MR) is 130 cm³/mol. The van der Waals surface area contributed by atoms with Crippen LogP contribution in [0.2, 0.25) is 0 Å². The first-order valence-corrected chi connectivity index (χ1v) is 11.1. The average Bonchev–Trinajstić information content (AvgIpc) is 2.79. The van der Waals surface area contributed by atoms with Gasteiger partial charge < -0.3 is 48.7 Å². The van der Waals surface area contributed by atoms with E-state index < -0.39 is 35.8 Å². The number of carbonyl (C=O) groups excluding carboxylic acids is 4. The summed E-state index contributed by atoms with van der Waals surface area (Å²) >= 11 is 0. The molecule has 0 aliphatic carbocycles. The molecular formula is C20H39N9O6. The van der Waals surface area contributed by atoms with Gasteiger partial charge in [-0.3, -0.25) is 29.3 Å². The van der Waals surface area contributed by atoms with E-state index in [-0.39, 0.29) is 63.8 Å². The Morgan fingerprint density at radius 1 is 0.971 bits per heavy atom. The van der Waals surface area contributed by atoms with Crippen molar-refractivity contribution in [3.8, 4) is 0 Å². The van der Waals surface area contributed by atoms with Gasteiger partial charge >= 0.3 is 0 Å². The number of hydrogen-bond acceptors (Lipinski definition) is 10. The van der Waals surface area contributed by atoms with Crippen molar-refractivity contribution in [2.45, 2.75) is 44.2 Å². The third-order valence-corrected chi connectivity index (χ3v) is 4.83. The minimum absolute atomic E-state index is 0.0248. The molecule has 0 bridgehead atoms. The SMILES string of the molecule is CC(=O)[C@@](C=O)(CCCN=C(N)N)N(C(=O)COCCOCCN)C(=O)[C@@H](N)CCCN=C(N)N. The molecule has 0 unspecified atom stereocenters. The number of nitrogens with two attached hydrogens (primary N) is 6. The summed E-state index contributed by atoms with van der Waals surface area (Å²) in [5.74, 6) is -2.84. The second-order valence-electron chi connectivity index (χ2n) is 7.58. The van der Waals surface area contributed by atoms with Gasteiger partial charge in [-0.05, 0) is 32.6 Å². The Labute approximate surface area is 204 Å². The number of imide groups is 1. The van der Waals surface area contributed by atoms with Gasteiger partial charge in [0.2, 0.25) is 5.91 Å². The van der Waals surface area contributed by atoms with Gasteiger partial charge in [-0.25, -0.2) is 0 Å². The normalized spacial score (nSPS) is 13.2. The third kappa shape index (κ3) is 11.7. The van der Waals surface area contributed by atoms with Gasteiger partial charge in [0.15, 0.2) is 29.5 Å². The number of rotatable bonds is 19. The van der Waals surface area contributed by atoms with Crippen molar-refractivity contribution in [2.24, 2.45) is 44.4 Å². The molecule has 15 heteroatoms. The molecule has 35 heavy (non-hydrogen) atoms. The molecule has 0 aromatic carbocycles. The van der Waals surface area contributed by atoms with E-state index in [2.05, 4.69) is 9.98 Å². The summed E-state index contributed by atoms with van der Waals surface area (Å²) in [7, 11) is 0.